The molecule has 0 saturated carbocycles. The predicted molar refractivity (Wildman–Crippen MR) is 49.5 cm³/mol. The Labute approximate surface area is 76.5 Å². The van der Waals surface area contributed by atoms with Crippen LogP contribution in [0.4, 0.5) is 0 Å². The summed E-state index contributed by atoms with van der Waals surface area (Å²) in [6.45, 7) is 0. The molecule has 13 heavy (non-hydrogen) atoms. The van der Waals surface area contributed by atoms with Crippen molar-refractivity contribution in [3.8, 4) is 0 Å². The Balaban J connectivity index is 0.000000132. The largest absolute Gasteiger partial charge is 0.328 e. The van der Waals surface area contributed by atoms with Crippen LogP contribution in [-0.4, -0.2) is 26.7 Å². The van der Waals surface area contributed by atoms with E-state index >= 15 is 0 Å². The smallest absolute Gasteiger partial charge is 0.114 e. The minimum atomic E-state index is 1.64. The summed E-state index contributed by atoms with van der Waals surface area (Å²) in [6, 6.07) is 0. The van der Waals surface area contributed by atoms with Crippen LogP contribution in [-0.2, 0) is 0 Å². The van der Waals surface area contributed by atoms with Gasteiger partial charge >= 0.3 is 0 Å². The first-order valence-electron chi connectivity index (χ1n) is 3.79. The van der Waals surface area contributed by atoms with Crippen LogP contribution in [0.15, 0.2) is 43.5 Å². The number of hydrogen-bond acceptors (Lipinski definition) is 4. The van der Waals surface area contributed by atoms with Crippen molar-refractivity contribution < 1.29 is 0 Å². The Hall–Kier alpha value is -1.91. The third kappa shape index (κ3) is 3.85. The summed E-state index contributed by atoms with van der Waals surface area (Å²) < 4.78 is 1.76. The topological polar surface area (TPSA) is 55.6 Å². The predicted octanol–water partition coefficient (Wildman–Crippen LogP) is 0.533. The molecule has 0 radical (unpaired) electrons. The standard InChI is InChI=1S/C4H7N3.C4H4N2/c1-5-7-3-2-6-4-7;1-2-6-4-3-5-1/h2-5H,1H3;1-4H. The lowest BCUT2D eigenvalue weighted by Gasteiger charge is -1.93. The molecule has 0 aliphatic carbocycles. The lowest BCUT2D eigenvalue weighted by Crippen LogP contribution is -2.04. The number of aromatic nitrogens is 4. The van der Waals surface area contributed by atoms with Crippen molar-refractivity contribution >= 4 is 0 Å². The van der Waals surface area contributed by atoms with Gasteiger partial charge in [0.1, 0.15) is 6.33 Å². The molecular weight excluding hydrogens is 166 g/mol. The zero-order valence-corrected chi connectivity index (χ0v) is 7.33. The number of nitrogens with zero attached hydrogens (tertiary/aromatic N) is 4. The Morgan fingerprint density at radius 3 is 1.77 bits per heavy atom. The monoisotopic (exact) mass is 177 g/mol. The van der Waals surface area contributed by atoms with E-state index < -0.39 is 0 Å². The van der Waals surface area contributed by atoms with E-state index in [1.807, 2.05) is 13.2 Å². The quantitative estimate of drug-likeness (QED) is 0.690. The molecule has 5 nitrogen and oxygen atoms in total. The molecule has 0 unspecified atom stereocenters. The van der Waals surface area contributed by atoms with Crippen LogP contribution in [0.25, 0.3) is 0 Å². The number of nitrogens with one attached hydrogen (secondary N) is 1. The molecule has 2 heterocycles. The second-order valence-corrected chi connectivity index (χ2v) is 2.09. The number of rotatable bonds is 1. The molecule has 0 spiro atoms. The van der Waals surface area contributed by atoms with Crippen molar-refractivity contribution in [2.24, 2.45) is 0 Å². The van der Waals surface area contributed by atoms with Gasteiger partial charge in [-0.3, -0.25) is 14.6 Å². The minimum Gasteiger partial charge on any atom is -0.328 e. The highest BCUT2D eigenvalue weighted by Crippen LogP contribution is 1.74. The second kappa shape index (κ2) is 5.70. The van der Waals surface area contributed by atoms with Gasteiger partial charge in [-0.15, -0.1) is 0 Å². The molecule has 2 aromatic heterocycles. The van der Waals surface area contributed by atoms with Crippen LogP contribution in [0.5, 0.6) is 0 Å². The second-order valence-electron chi connectivity index (χ2n) is 2.09. The van der Waals surface area contributed by atoms with Crippen molar-refractivity contribution in [3.05, 3.63) is 43.5 Å². The fourth-order valence-electron chi connectivity index (χ4n) is 0.645. The van der Waals surface area contributed by atoms with Crippen LogP contribution in [0.2, 0.25) is 0 Å². The van der Waals surface area contributed by atoms with Crippen molar-refractivity contribution in [1.29, 1.82) is 0 Å². The number of hydrogen-bond donors (Lipinski definition) is 1. The molecule has 0 aliphatic heterocycles. The average molecular weight is 177 g/mol. The van der Waals surface area contributed by atoms with Gasteiger partial charge in [0.2, 0.25) is 0 Å². The van der Waals surface area contributed by atoms with E-state index in [9.17, 15) is 0 Å². The Morgan fingerprint density at radius 1 is 0.923 bits per heavy atom. The maximum atomic E-state index is 3.79. The highest BCUT2D eigenvalue weighted by molar-refractivity contribution is 4.76. The molecule has 2 rings (SSSR count). The first-order chi connectivity index (χ1) is 6.43. The van der Waals surface area contributed by atoms with Crippen molar-refractivity contribution in [1.82, 2.24) is 19.6 Å². The highest BCUT2D eigenvalue weighted by Gasteiger charge is 1.75. The van der Waals surface area contributed by atoms with Crippen molar-refractivity contribution in [2.75, 3.05) is 12.5 Å². The lowest BCUT2D eigenvalue weighted by atomic mass is 10.8. The van der Waals surface area contributed by atoms with E-state index in [1.165, 1.54) is 0 Å². The average Bonchev–Trinajstić information content (AvgIpc) is 2.74. The van der Waals surface area contributed by atoms with Crippen LogP contribution in [0.3, 0.4) is 0 Å². The van der Waals surface area contributed by atoms with Gasteiger partial charge in [-0.05, 0) is 0 Å². The van der Waals surface area contributed by atoms with Crippen LogP contribution < -0.4 is 5.43 Å². The summed E-state index contributed by atoms with van der Waals surface area (Å²) >= 11 is 0. The van der Waals surface area contributed by atoms with Gasteiger partial charge in [0.15, 0.2) is 0 Å². The van der Waals surface area contributed by atoms with E-state index in [0.29, 0.717) is 0 Å². The molecular formula is C8H11N5. The van der Waals surface area contributed by atoms with Crippen molar-refractivity contribution in [2.45, 2.75) is 0 Å². The molecule has 0 fully saturated rings. The molecule has 1 N–H and O–H groups in total. The molecule has 0 bridgehead atoms. The summed E-state index contributed by atoms with van der Waals surface area (Å²) in [5.74, 6) is 0. The zero-order valence-electron chi connectivity index (χ0n) is 7.33. The molecule has 5 heteroatoms. The van der Waals surface area contributed by atoms with Gasteiger partial charge in [-0.25, -0.2) is 4.98 Å². The fourth-order valence-corrected chi connectivity index (χ4v) is 0.645. The number of imidazole rings is 1. The van der Waals surface area contributed by atoms with Gasteiger partial charge in [-0.2, -0.15) is 0 Å². The summed E-state index contributed by atoms with van der Waals surface area (Å²) in [4.78, 5) is 11.2. The van der Waals surface area contributed by atoms with Crippen LogP contribution in [0, 0.1) is 0 Å². The Morgan fingerprint density at radius 2 is 1.54 bits per heavy atom. The van der Waals surface area contributed by atoms with E-state index in [0.717, 1.165) is 0 Å². The van der Waals surface area contributed by atoms with Gasteiger partial charge in [0, 0.05) is 44.2 Å². The highest BCUT2D eigenvalue weighted by atomic mass is 15.4. The first kappa shape index (κ1) is 9.18. The molecule has 0 aromatic carbocycles. The molecule has 0 atom stereocenters. The summed E-state index contributed by atoms with van der Waals surface area (Å²) in [5.41, 5.74) is 2.86. The summed E-state index contributed by atoms with van der Waals surface area (Å²) in [6.07, 6.45) is 11.8. The van der Waals surface area contributed by atoms with E-state index in [1.54, 1.807) is 42.0 Å². The Kier molecular flexibility index (Phi) is 4.03. The summed E-state index contributed by atoms with van der Waals surface area (Å²) in [5, 5.41) is 0. The van der Waals surface area contributed by atoms with Gasteiger partial charge in [-0.1, -0.05) is 0 Å². The molecule has 0 amide bonds. The Bertz CT molecular complexity index is 265. The maximum absolute atomic E-state index is 3.79. The molecule has 0 aliphatic rings. The SMILES string of the molecule is CNn1ccnc1.c1cnccn1. The molecule has 2 aromatic rings. The van der Waals surface area contributed by atoms with Gasteiger partial charge in [0.25, 0.3) is 0 Å². The van der Waals surface area contributed by atoms with Crippen molar-refractivity contribution in [3.63, 3.8) is 0 Å². The van der Waals surface area contributed by atoms with E-state index in [2.05, 4.69) is 20.4 Å². The van der Waals surface area contributed by atoms with Gasteiger partial charge in [0.05, 0.1) is 0 Å². The maximum Gasteiger partial charge on any atom is 0.114 e. The fraction of sp³-hybridized carbons (Fsp3) is 0.125. The molecule has 68 valence electrons. The zero-order chi connectivity index (χ0) is 9.36. The normalized spacial score (nSPS) is 8.38. The molecule has 0 saturated heterocycles. The van der Waals surface area contributed by atoms with Crippen LogP contribution >= 0.6 is 0 Å². The van der Waals surface area contributed by atoms with E-state index in [-0.39, 0.29) is 0 Å². The third-order valence-electron chi connectivity index (χ3n) is 1.24. The summed E-state index contributed by atoms with van der Waals surface area (Å²) in [7, 11) is 1.84. The third-order valence-corrected chi connectivity index (χ3v) is 1.24. The first-order valence-corrected chi connectivity index (χ1v) is 3.79. The van der Waals surface area contributed by atoms with Crippen LogP contribution in [0.1, 0.15) is 0 Å². The minimum absolute atomic E-state index is 1.64. The van der Waals surface area contributed by atoms with Gasteiger partial charge < -0.3 is 5.43 Å². The van der Waals surface area contributed by atoms with E-state index in [4.69, 9.17) is 0 Å². The lowest BCUT2D eigenvalue weighted by molar-refractivity contribution is 0.924.